The zero-order valence-electron chi connectivity index (χ0n) is 15.1. The van der Waals surface area contributed by atoms with Crippen LogP contribution in [0.2, 0.25) is 0 Å². The number of alkyl carbamates (subject to hydrolysis) is 1. The van der Waals surface area contributed by atoms with Crippen molar-refractivity contribution in [1.82, 2.24) is 5.32 Å². The monoisotopic (exact) mass is 329 g/mol. The number of aliphatic carboxylic acids is 1. The van der Waals surface area contributed by atoms with Crippen LogP contribution in [0.3, 0.4) is 0 Å². The van der Waals surface area contributed by atoms with E-state index >= 15 is 0 Å². The third-order valence-corrected chi connectivity index (χ3v) is 4.39. The van der Waals surface area contributed by atoms with Crippen LogP contribution in [0.25, 0.3) is 0 Å². The molecule has 6 nitrogen and oxygen atoms in total. The molecule has 1 heterocycles. The van der Waals surface area contributed by atoms with E-state index in [4.69, 9.17) is 9.47 Å². The van der Waals surface area contributed by atoms with Crippen LogP contribution >= 0.6 is 0 Å². The van der Waals surface area contributed by atoms with Crippen molar-refractivity contribution >= 4 is 12.1 Å². The van der Waals surface area contributed by atoms with Crippen molar-refractivity contribution in [1.29, 1.82) is 0 Å². The van der Waals surface area contributed by atoms with Gasteiger partial charge < -0.3 is 19.9 Å². The number of carboxylic acids is 1. The third kappa shape index (κ3) is 5.68. The Labute approximate surface area is 138 Å². The summed E-state index contributed by atoms with van der Waals surface area (Å²) < 4.78 is 11.0. The molecule has 23 heavy (non-hydrogen) atoms. The molecule has 0 radical (unpaired) electrons. The van der Waals surface area contributed by atoms with E-state index < -0.39 is 23.1 Å². The Bertz CT molecular complexity index is 429. The lowest BCUT2D eigenvalue weighted by molar-refractivity contribution is -0.154. The lowest BCUT2D eigenvalue weighted by Gasteiger charge is -2.35. The fraction of sp³-hybridized carbons (Fsp3) is 0.882. The maximum Gasteiger partial charge on any atom is 0.407 e. The topological polar surface area (TPSA) is 84.9 Å². The molecule has 0 saturated carbocycles. The number of amides is 1. The van der Waals surface area contributed by atoms with Gasteiger partial charge in [0.15, 0.2) is 0 Å². The van der Waals surface area contributed by atoms with E-state index in [1.807, 2.05) is 20.8 Å². The van der Waals surface area contributed by atoms with E-state index in [0.717, 1.165) is 12.8 Å². The molecule has 1 saturated heterocycles. The second-order valence-corrected chi connectivity index (χ2v) is 7.82. The molecular formula is C17H31NO5. The average molecular weight is 329 g/mol. The van der Waals surface area contributed by atoms with Gasteiger partial charge in [-0.1, -0.05) is 13.8 Å². The lowest BCUT2D eigenvalue weighted by Crippen LogP contribution is -2.49. The van der Waals surface area contributed by atoms with Crippen molar-refractivity contribution in [2.24, 2.45) is 11.3 Å². The Morgan fingerprint density at radius 2 is 1.91 bits per heavy atom. The number of nitrogens with one attached hydrogen (secondary N) is 1. The summed E-state index contributed by atoms with van der Waals surface area (Å²) in [7, 11) is 0. The molecule has 1 amide bonds. The maximum atomic E-state index is 12.0. The average Bonchev–Trinajstić information content (AvgIpc) is 2.77. The number of rotatable bonds is 6. The molecule has 1 fully saturated rings. The number of hydrogen-bond donors (Lipinski definition) is 2. The molecule has 0 aliphatic carbocycles. The molecule has 0 aromatic heterocycles. The second kappa shape index (κ2) is 7.51. The summed E-state index contributed by atoms with van der Waals surface area (Å²) in [6.45, 7) is 11.1. The van der Waals surface area contributed by atoms with E-state index in [2.05, 4.69) is 5.32 Å². The Morgan fingerprint density at radius 3 is 2.30 bits per heavy atom. The van der Waals surface area contributed by atoms with Gasteiger partial charge in [-0.25, -0.2) is 4.79 Å². The number of hydrogen-bond acceptors (Lipinski definition) is 4. The Kier molecular flexibility index (Phi) is 6.45. The fourth-order valence-electron chi connectivity index (χ4n) is 2.91. The quantitative estimate of drug-likeness (QED) is 0.781. The molecule has 1 aliphatic heterocycles. The van der Waals surface area contributed by atoms with Gasteiger partial charge in [0.25, 0.3) is 0 Å². The van der Waals surface area contributed by atoms with Crippen LogP contribution in [0.4, 0.5) is 4.79 Å². The molecule has 2 N–H and O–H groups in total. The molecule has 1 rings (SSSR count). The van der Waals surface area contributed by atoms with Crippen LogP contribution in [0.5, 0.6) is 0 Å². The standard InChI is InChI=1S/C17H31NO5/c1-11(2)17(14(19)20,9-13-8-7-12(3)22-13)10-18-15(21)23-16(4,5)6/h11-13H,7-10H2,1-6H3,(H,18,21)(H,19,20). The van der Waals surface area contributed by atoms with Gasteiger partial charge in [-0.15, -0.1) is 0 Å². The van der Waals surface area contributed by atoms with E-state index in [1.54, 1.807) is 20.8 Å². The van der Waals surface area contributed by atoms with Crippen molar-refractivity contribution in [3.8, 4) is 0 Å². The molecule has 0 aromatic rings. The summed E-state index contributed by atoms with van der Waals surface area (Å²) in [6, 6.07) is 0. The number of ether oxygens (including phenoxy) is 2. The largest absolute Gasteiger partial charge is 0.481 e. The highest BCUT2D eigenvalue weighted by Crippen LogP contribution is 2.37. The van der Waals surface area contributed by atoms with Gasteiger partial charge in [0.05, 0.1) is 17.6 Å². The molecular weight excluding hydrogens is 298 g/mol. The first-order valence-electron chi connectivity index (χ1n) is 8.32. The van der Waals surface area contributed by atoms with E-state index in [9.17, 15) is 14.7 Å². The Hall–Kier alpha value is -1.30. The molecule has 0 aromatic carbocycles. The minimum absolute atomic E-state index is 0.0309. The van der Waals surface area contributed by atoms with Crippen molar-refractivity contribution in [2.45, 2.75) is 78.6 Å². The summed E-state index contributed by atoms with van der Waals surface area (Å²) in [5, 5.41) is 12.4. The van der Waals surface area contributed by atoms with Crippen LogP contribution in [0, 0.1) is 11.3 Å². The number of carbonyl (C=O) groups excluding carboxylic acids is 1. The zero-order chi connectivity index (χ0) is 17.8. The van der Waals surface area contributed by atoms with Crippen LogP contribution in [-0.2, 0) is 14.3 Å². The summed E-state index contributed by atoms with van der Waals surface area (Å²) in [4.78, 5) is 23.9. The van der Waals surface area contributed by atoms with Crippen molar-refractivity contribution in [2.75, 3.05) is 6.54 Å². The van der Waals surface area contributed by atoms with Gasteiger partial charge in [-0.05, 0) is 52.9 Å². The van der Waals surface area contributed by atoms with Gasteiger partial charge in [0, 0.05) is 6.54 Å². The maximum absolute atomic E-state index is 12.0. The van der Waals surface area contributed by atoms with Crippen LogP contribution in [0.15, 0.2) is 0 Å². The predicted molar refractivity (Wildman–Crippen MR) is 87.3 cm³/mol. The van der Waals surface area contributed by atoms with Gasteiger partial charge in [-0.2, -0.15) is 0 Å². The van der Waals surface area contributed by atoms with Gasteiger partial charge in [0.2, 0.25) is 0 Å². The van der Waals surface area contributed by atoms with Crippen molar-refractivity contribution in [3.63, 3.8) is 0 Å². The molecule has 134 valence electrons. The summed E-state index contributed by atoms with van der Waals surface area (Å²) in [6.07, 6.45) is 1.68. The molecule has 3 atom stereocenters. The predicted octanol–water partition coefficient (Wildman–Crippen LogP) is 3.20. The van der Waals surface area contributed by atoms with Crippen LogP contribution in [-0.4, -0.2) is 41.5 Å². The molecule has 6 heteroatoms. The summed E-state index contributed by atoms with van der Waals surface area (Å²) >= 11 is 0. The van der Waals surface area contributed by atoms with Crippen LogP contribution < -0.4 is 5.32 Å². The minimum atomic E-state index is -1.06. The number of carbonyl (C=O) groups is 2. The highest BCUT2D eigenvalue weighted by atomic mass is 16.6. The van der Waals surface area contributed by atoms with Crippen molar-refractivity contribution < 1.29 is 24.2 Å². The molecule has 0 spiro atoms. The first-order valence-corrected chi connectivity index (χ1v) is 8.32. The highest BCUT2D eigenvalue weighted by Gasteiger charge is 2.45. The van der Waals surface area contributed by atoms with Crippen LogP contribution in [0.1, 0.15) is 60.8 Å². The zero-order valence-corrected chi connectivity index (χ0v) is 15.1. The fourth-order valence-corrected chi connectivity index (χ4v) is 2.91. The first kappa shape index (κ1) is 19.7. The summed E-state index contributed by atoms with van der Waals surface area (Å²) in [5.74, 6) is -1.05. The summed E-state index contributed by atoms with van der Waals surface area (Å²) in [5.41, 5.74) is -1.68. The third-order valence-electron chi connectivity index (χ3n) is 4.39. The molecule has 3 unspecified atom stereocenters. The van der Waals surface area contributed by atoms with Crippen molar-refractivity contribution in [3.05, 3.63) is 0 Å². The SMILES string of the molecule is CC1CCC(CC(CNC(=O)OC(C)(C)C)(C(=O)O)C(C)C)O1. The Balaban J connectivity index is 2.79. The van der Waals surface area contributed by atoms with Gasteiger partial charge >= 0.3 is 12.1 Å². The molecule has 1 aliphatic rings. The highest BCUT2D eigenvalue weighted by molar-refractivity contribution is 5.77. The Morgan fingerprint density at radius 1 is 1.30 bits per heavy atom. The normalized spacial score (nSPS) is 24.3. The second-order valence-electron chi connectivity index (χ2n) is 7.82. The van der Waals surface area contributed by atoms with E-state index in [-0.39, 0.29) is 24.7 Å². The molecule has 0 bridgehead atoms. The van der Waals surface area contributed by atoms with Gasteiger partial charge in [-0.3, -0.25) is 4.79 Å². The van der Waals surface area contributed by atoms with E-state index in [1.165, 1.54) is 0 Å². The minimum Gasteiger partial charge on any atom is -0.481 e. The number of carboxylic acid groups (broad SMARTS) is 1. The van der Waals surface area contributed by atoms with Gasteiger partial charge in [0.1, 0.15) is 5.60 Å². The lowest BCUT2D eigenvalue weighted by atomic mass is 9.72. The smallest absolute Gasteiger partial charge is 0.407 e. The first-order chi connectivity index (χ1) is 10.5. The van der Waals surface area contributed by atoms with E-state index in [0.29, 0.717) is 6.42 Å².